The largest absolute Gasteiger partial charge is 0.469 e. The number of unbranched alkanes of at least 4 members (excludes halogenated alkanes) is 4. The average molecular weight is 769 g/mol. The maximum Gasteiger partial charge on any atom is 0.469 e. The van der Waals surface area contributed by atoms with E-state index in [1.54, 1.807) is 0 Å². The predicted octanol–water partition coefficient (Wildman–Crippen LogP) is 12.2. The number of phosphoric ester groups is 1. The Kier molecular flexibility index (Phi) is 36.6. The molecule has 0 rings (SSSR count). The van der Waals surface area contributed by atoms with Crippen molar-refractivity contribution in [3.8, 4) is 0 Å². The van der Waals surface area contributed by atoms with Crippen LogP contribution in [0.3, 0.4) is 0 Å². The van der Waals surface area contributed by atoms with Crippen LogP contribution in [-0.2, 0) is 28.2 Å². The second-order valence-electron chi connectivity index (χ2n) is 12.5. The number of carbonyl (C=O) groups excluding carboxylic acids is 2. The highest BCUT2D eigenvalue weighted by atomic mass is 31.2. The minimum Gasteiger partial charge on any atom is -0.462 e. The summed E-state index contributed by atoms with van der Waals surface area (Å²) in [4.78, 5) is 42.8. The fourth-order valence-electron chi connectivity index (χ4n) is 4.62. The van der Waals surface area contributed by atoms with Crippen LogP contribution >= 0.6 is 7.82 Å². The number of allylic oxidation sites excluding steroid dienone is 20. The number of rotatable bonds is 34. The lowest BCUT2D eigenvalue weighted by Crippen LogP contribution is -2.29. The number of ether oxygens (including phenoxy) is 2. The van der Waals surface area contributed by atoms with Crippen molar-refractivity contribution in [2.24, 2.45) is 0 Å². The van der Waals surface area contributed by atoms with Crippen molar-refractivity contribution < 1.29 is 37.9 Å². The number of esters is 2. The molecule has 0 heterocycles. The molecule has 0 aliphatic heterocycles. The molecule has 0 fully saturated rings. The summed E-state index contributed by atoms with van der Waals surface area (Å²) in [6, 6.07) is 0. The molecule has 8 nitrogen and oxygen atoms in total. The first-order chi connectivity index (χ1) is 26.3. The summed E-state index contributed by atoms with van der Waals surface area (Å²) in [6.45, 7) is 3.35. The van der Waals surface area contributed by atoms with Crippen LogP contribution in [0.4, 0.5) is 0 Å². The summed E-state index contributed by atoms with van der Waals surface area (Å²) in [5.74, 6) is -1.03. The Morgan fingerprint density at radius 3 is 1.30 bits per heavy atom. The van der Waals surface area contributed by atoms with Gasteiger partial charge in [-0.05, 0) is 89.9 Å². The van der Waals surface area contributed by atoms with Gasteiger partial charge in [0.15, 0.2) is 6.10 Å². The lowest BCUT2D eigenvalue weighted by molar-refractivity contribution is -0.161. The topological polar surface area (TPSA) is 119 Å². The van der Waals surface area contributed by atoms with Gasteiger partial charge in [-0.2, -0.15) is 0 Å². The van der Waals surface area contributed by atoms with Crippen molar-refractivity contribution >= 4 is 19.8 Å². The molecule has 0 saturated heterocycles. The summed E-state index contributed by atoms with van der Waals surface area (Å²) in [5.41, 5.74) is 0. The third-order valence-corrected chi connectivity index (χ3v) is 7.97. The van der Waals surface area contributed by atoms with Gasteiger partial charge in [-0.1, -0.05) is 148 Å². The SMILES string of the molecule is CC/C=C\C/C=C\C/C=C\C/C=C\C/C=C\C/C=C\CCC(=O)OC(COC(=O)CCCCCC/C=C\C/C=C\C/C=C\C/C=C\CC)COP(=O)(O)O. The molecule has 9 heteroatoms. The summed E-state index contributed by atoms with van der Waals surface area (Å²) in [5, 5.41) is 0. The van der Waals surface area contributed by atoms with Crippen molar-refractivity contribution in [2.45, 2.75) is 136 Å². The molecule has 0 spiro atoms. The first-order valence-corrected chi connectivity index (χ1v) is 21.4. The highest BCUT2D eigenvalue weighted by molar-refractivity contribution is 7.46. The first-order valence-electron chi connectivity index (χ1n) is 19.8. The Bertz CT molecular complexity index is 1280. The first kappa shape index (κ1) is 50.5. The summed E-state index contributed by atoms with van der Waals surface area (Å²) in [7, 11) is -4.79. The molecular formula is C45H69O8P. The Labute approximate surface area is 327 Å². The van der Waals surface area contributed by atoms with E-state index in [4.69, 9.17) is 19.3 Å². The minimum atomic E-state index is -4.79. The van der Waals surface area contributed by atoms with Crippen molar-refractivity contribution in [1.29, 1.82) is 0 Å². The van der Waals surface area contributed by atoms with Crippen molar-refractivity contribution in [3.63, 3.8) is 0 Å². The Morgan fingerprint density at radius 2 is 0.870 bits per heavy atom. The number of hydrogen-bond donors (Lipinski definition) is 2. The smallest absolute Gasteiger partial charge is 0.462 e. The third kappa shape index (κ3) is 41.2. The van der Waals surface area contributed by atoms with Crippen LogP contribution in [0.25, 0.3) is 0 Å². The lowest BCUT2D eigenvalue weighted by Gasteiger charge is -2.18. The molecule has 54 heavy (non-hydrogen) atoms. The fraction of sp³-hybridized carbons (Fsp3) is 0.511. The molecule has 0 aromatic heterocycles. The van der Waals surface area contributed by atoms with E-state index in [0.29, 0.717) is 12.8 Å². The third-order valence-electron chi connectivity index (χ3n) is 7.49. The Morgan fingerprint density at radius 1 is 0.481 bits per heavy atom. The molecule has 1 unspecified atom stereocenters. The van der Waals surface area contributed by atoms with Crippen molar-refractivity contribution in [2.75, 3.05) is 13.2 Å². The van der Waals surface area contributed by atoms with Crippen LogP contribution in [0.1, 0.15) is 129 Å². The summed E-state index contributed by atoms with van der Waals surface area (Å²) >= 11 is 0. The van der Waals surface area contributed by atoms with Gasteiger partial charge in [0.05, 0.1) is 6.61 Å². The predicted molar refractivity (Wildman–Crippen MR) is 225 cm³/mol. The van der Waals surface area contributed by atoms with Gasteiger partial charge >= 0.3 is 19.8 Å². The zero-order valence-electron chi connectivity index (χ0n) is 33.1. The molecule has 0 aromatic carbocycles. The van der Waals surface area contributed by atoms with Gasteiger partial charge in [-0.15, -0.1) is 0 Å². The molecule has 0 aromatic rings. The molecular weight excluding hydrogens is 699 g/mol. The quantitative estimate of drug-likeness (QED) is 0.0287. The maximum absolute atomic E-state index is 12.4. The minimum absolute atomic E-state index is 0.0729. The molecule has 0 bridgehead atoms. The van der Waals surface area contributed by atoms with Crippen molar-refractivity contribution in [1.82, 2.24) is 0 Å². The number of hydrogen-bond acceptors (Lipinski definition) is 6. The van der Waals surface area contributed by atoms with Crippen LogP contribution in [0.2, 0.25) is 0 Å². The van der Waals surface area contributed by atoms with Crippen LogP contribution in [0.15, 0.2) is 122 Å². The average Bonchev–Trinajstić information content (AvgIpc) is 3.14. The van der Waals surface area contributed by atoms with Crippen LogP contribution in [-0.4, -0.2) is 41.0 Å². The monoisotopic (exact) mass is 768 g/mol. The van der Waals surface area contributed by atoms with Crippen molar-refractivity contribution in [3.05, 3.63) is 122 Å². The second-order valence-corrected chi connectivity index (χ2v) is 13.7. The Balaban J connectivity index is 4.16. The highest BCUT2D eigenvalue weighted by Crippen LogP contribution is 2.35. The summed E-state index contributed by atoms with van der Waals surface area (Å²) < 4.78 is 26.3. The summed E-state index contributed by atoms with van der Waals surface area (Å²) in [6.07, 6.45) is 56.4. The van der Waals surface area contributed by atoms with Crippen LogP contribution < -0.4 is 0 Å². The van der Waals surface area contributed by atoms with E-state index in [-0.39, 0.29) is 19.4 Å². The van der Waals surface area contributed by atoms with Gasteiger partial charge in [-0.3, -0.25) is 14.1 Å². The van der Waals surface area contributed by atoms with Gasteiger partial charge in [0.1, 0.15) is 6.61 Å². The highest BCUT2D eigenvalue weighted by Gasteiger charge is 2.22. The standard InChI is InChI=1S/C45H69O8P/c1-3-5-7-9-11-13-15-17-19-21-22-24-26-28-30-32-34-36-38-40-45(47)53-43(42-52-54(48,49)50)41-51-44(46)39-37-35-33-31-29-27-25-23-20-18-16-14-12-10-8-6-4-2/h5-8,11-14,17-20,22,24-25,27-28,30,34,36,43H,3-4,9-10,15-16,21,23,26,29,31-33,35,37-42H2,1-2H3,(H2,48,49,50)/b7-5-,8-6-,13-11-,14-12-,19-17-,20-18-,24-22-,27-25-,30-28-,36-34-. The van der Waals surface area contributed by atoms with Gasteiger partial charge in [-0.25, -0.2) is 4.57 Å². The van der Waals surface area contributed by atoms with Gasteiger partial charge in [0.2, 0.25) is 0 Å². The van der Waals surface area contributed by atoms with E-state index in [2.05, 4.69) is 128 Å². The zero-order chi connectivity index (χ0) is 39.6. The van der Waals surface area contributed by atoms with E-state index in [0.717, 1.165) is 89.9 Å². The molecule has 0 aliphatic rings. The van der Waals surface area contributed by atoms with E-state index in [1.807, 2.05) is 12.2 Å². The maximum atomic E-state index is 12.4. The van der Waals surface area contributed by atoms with E-state index < -0.39 is 32.5 Å². The van der Waals surface area contributed by atoms with Crippen LogP contribution in [0, 0.1) is 0 Å². The molecule has 302 valence electrons. The normalized spacial score (nSPS) is 13.8. The lowest BCUT2D eigenvalue weighted by atomic mass is 10.1. The number of carbonyl (C=O) groups is 2. The molecule has 0 radical (unpaired) electrons. The number of phosphoric acid groups is 1. The fourth-order valence-corrected chi connectivity index (χ4v) is 4.98. The molecule has 2 N–H and O–H groups in total. The van der Waals surface area contributed by atoms with Crippen LogP contribution in [0.5, 0.6) is 0 Å². The molecule has 1 atom stereocenters. The molecule has 0 aliphatic carbocycles. The van der Waals surface area contributed by atoms with E-state index >= 15 is 0 Å². The van der Waals surface area contributed by atoms with E-state index in [1.165, 1.54) is 0 Å². The molecule has 0 amide bonds. The zero-order valence-corrected chi connectivity index (χ0v) is 34.0. The second kappa shape index (κ2) is 39.2. The molecule has 0 saturated carbocycles. The van der Waals surface area contributed by atoms with Gasteiger partial charge in [0, 0.05) is 12.8 Å². The Hall–Kier alpha value is -3.55. The van der Waals surface area contributed by atoms with Gasteiger partial charge in [0.25, 0.3) is 0 Å². The van der Waals surface area contributed by atoms with E-state index in [9.17, 15) is 14.2 Å². The van der Waals surface area contributed by atoms with Gasteiger partial charge < -0.3 is 19.3 Å².